The van der Waals surface area contributed by atoms with Gasteiger partial charge in [-0.2, -0.15) is 0 Å². The van der Waals surface area contributed by atoms with Crippen molar-refractivity contribution in [2.75, 3.05) is 19.7 Å². The molecule has 1 rings (SSSR count). The molecule has 0 radical (unpaired) electrons. The molecule has 0 saturated heterocycles. The fourth-order valence-electron chi connectivity index (χ4n) is 2.65. The summed E-state index contributed by atoms with van der Waals surface area (Å²) in [4.78, 5) is 24.2. The standard InChI is InChI=1S/C14H26N2O4/c17-11-10-16(12-6-3-4-7-12)14(20)15-9-5-1-2-8-13(18)19/h12,17H,1-11H2,(H,15,20)(H,18,19). The van der Waals surface area contributed by atoms with Gasteiger partial charge < -0.3 is 20.4 Å². The maximum atomic E-state index is 12.1. The topological polar surface area (TPSA) is 89.9 Å². The second-order valence-corrected chi connectivity index (χ2v) is 5.29. The number of amides is 2. The Kier molecular flexibility index (Phi) is 8.02. The number of aliphatic hydroxyl groups excluding tert-OH is 1. The lowest BCUT2D eigenvalue weighted by Gasteiger charge is -2.28. The van der Waals surface area contributed by atoms with Gasteiger partial charge in [0.15, 0.2) is 0 Å². The van der Waals surface area contributed by atoms with E-state index in [2.05, 4.69) is 5.32 Å². The summed E-state index contributed by atoms with van der Waals surface area (Å²) < 4.78 is 0. The second kappa shape index (κ2) is 9.58. The first kappa shape index (κ1) is 16.8. The number of urea groups is 1. The highest BCUT2D eigenvalue weighted by Gasteiger charge is 2.25. The number of carboxylic acid groups (broad SMARTS) is 1. The van der Waals surface area contributed by atoms with Crippen LogP contribution in [-0.4, -0.2) is 52.9 Å². The lowest BCUT2D eigenvalue weighted by Crippen LogP contribution is -2.46. The molecule has 1 aliphatic carbocycles. The Morgan fingerprint density at radius 2 is 1.85 bits per heavy atom. The van der Waals surface area contributed by atoms with Gasteiger partial charge in [-0.3, -0.25) is 4.79 Å². The highest BCUT2D eigenvalue weighted by atomic mass is 16.4. The number of aliphatic hydroxyl groups is 1. The van der Waals surface area contributed by atoms with E-state index in [0.29, 0.717) is 19.5 Å². The number of hydrogen-bond acceptors (Lipinski definition) is 3. The molecule has 2 amide bonds. The molecule has 0 aromatic rings. The molecule has 1 fully saturated rings. The highest BCUT2D eigenvalue weighted by molar-refractivity contribution is 5.74. The van der Waals surface area contributed by atoms with Crippen LogP contribution in [0.2, 0.25) is 0 Å². The Hall–Kier alpha value is -1.30. The minimum Gasteiger partial charge on any atom is -0.481 e. The molecule has 0 aromatic heterocycles. The van der Waals surface area contributed by atoms with Gasteiger partial charge in [-0.15, -0.1) is 0 Å². The van der Waals surface area contributed by atoms with Crippen molar-refractivity contribution < 1.29 is 19.8 Å². The van der Waals surface area contributed by atoms with Crippen molar-refractivity contribution in [3.8, 4) is 0 Å². The third-order valence-corrected chi connectivity index (χ3v) is 3.71. The van der Waals surface area contributed by atoms with Gasteiger partial charge in [-0.1, -0.05) is 19.3 Å². The number of carbonyl (C=O) groups is 2. The van der Waals surface area contributed by atoms with E-state index in [0.717, 1.165) is 38.5 Å². The van der Waals surface area contributed by atoms with Crippen LogP contribution < -0.4 is 5.32 Å². The van der Waals surface area contributed by atoms with Crippen molar-refractivity contribution in [2.24, 2.45) is 0 Å². The van der Waals surface area contributed by atoms with E-state index in [1.54, 1.807) is 4.90 Å². The summed E-state index contributed by atoms with van der Waals surface area (Å²) in [7, 11) is 0. The zero-order valence-electron chi connectivity index (χ0n) is 12.0. The van der Waals surface area contributed by atoms with Crippen LogP contribution >= 0.6 is 0 Å². The maximum Gasteiger partial charge on any atom is 0.317 e. The number of aliphatic carboxylic acids is 1. The van der Waals surface area contributed by atoms with E-state index < -0.39 is 5.97 Å². The van der Waals surface area contributed by atoms with Crippen molar-refractivity contribution in [2.45, 2.75) is 57.4 Å². The number of unbranched alkanes of at least 4 members (excludes halogenated alkanes) is 2. The molecule has 0 bridgehead atoms. The van der Waals surface area contributed by atoms with Crippen LogP contribution in [0, 0.1) is 0 Å². The number of nitrogens with zero attached hydrogens (tertiary/aromatic N) is 1. The van der Waals surface area contributed by atoms with Gasteiger partial charge in [-0.05, 0) is 25.7 Å². The van der Waals surface area contributed by atoms with Crippen molar-refractivity contribution >= 4 is 12.0 Å². The first-order chi connectivity index (χ1) is 9.65. The summed E-state index contributed by atoms with van der Waals surface area (Å²) in [5, 5.41) is 20.4. The molecule has 0 aliphatic heterocycles. The van der Waals surface area contributed by atoms with Gasteiger partial charge in [0.1, 0.15) is 0 Å². The third-order valence-electron chi connectivity index (χ3n) is 3.71. The predicted molar refractivity (Wildman–Crippen MR) is 75.6 cm³/mol. The highest BCUT2D eigenvalue weighted by Crippen LogP contribution is 2.23. The first-order valence-electron chi connectivity index (χ1n) is 7.52. The summed E-state index contributed by atoms with van der Waals surface area (Å²) >= 11 is 0. The van der Waals surface area contributed by atoms with Crippen LogP contribution in [0.15, 0.2) is 0 Å². The minimum atomic E-state index is -0.774. The van der Waals surface area contributed by atoms with E-state index in [9.17, 15) is 9.59 Å². The largest absolute Gasteiger partial charge is 0.481 e. The number of carboxylic acids is 1. The fourth-order valence-corrected chi connectivity index (χ4v) is 2.65. The van der Waals surface area contributed by atoms with E-state index >= 15 is 0 Å². The molecule has 1 saturated carbocycles. The molecule has 1 aliphatic rings. The number of hydrogen-bond donors (Lipinski definition) is 3. The van der Waals surface area contributed by atoms with E-state index in [1.165, 1.54) is 0 Å². The van der Waals surface area contributed by atoms with Crippen molar-refractivity contribution in [3.63, 3.8) is 0 Å². The molecule has 3 N–H and O–H groups in total. The second-order valence-electron chi connectivity index (χ2n) is 5.29. The van der Waals surface area contributed by atoms with Crippen molar-refractivity contribution in [1.82, 2.24) is 10.2 Å². The summed E-state index contributed by atoms with van der Waals surface area (Å²) in [5.41, 5.74) is 0. The van der Waals surface area contributed by atoms with Gasteiger partial charge in [-0.25, -0.2) is 4.79 Å². The zero-order valence-corrected chi connectivity index (χ0v) is 12.0. The van der Waals surface area contributed by atoms with Crippen molar-refractivity contribution in [1.29, 1.82) is 0 Å². The van der Waals surface area contributed by atoms with Crippen LogP contribution in [0.3, 0.4) is 0 Å². The summed E-state index contributed by atoms with van der Waals surface area (Å²) in [6.45, 7) is 0.936. The van der Waals surface area contributed by atoms with E-state index in [-0.39, 0.29) is 25.1 Å². The molecular formula is C14H26N2O4. The molecular weight excluding hydrogens is 260 g/mol. The quantitative estimate of drug-likeness (QED) is 0.561. The summed E-state index contributed by atoms with van der Waals surface area (Å²) in [6, 6.07) is 0.151. The van der Waals surface area contributed by atoms with Crippen LogP contribution in [0.5, 0.6) is 0 Å². The lowest BCUT2D eigenvalue weighted by molar-refractivity contribution is -0.137. The SMILES string of the molecule is O=C(O)CCCCCNC(=O)N(CCO)C1CCCC1. The number of nitrogens with one attached hydrogen (secondary N) is 1. The Morgan fingerprint density at radius 1 is 1.15 bits per heavy atom. The average molecular weight is 286 g/mol. The molecule has 0 aromatic carbocycles. The molecule has 0 heterocycles. The third kappa shape index (κ3) is 6.23. The maximum absolute atomic E-state index is 12.1. The molecule has 20 heavy (non-hydrogen) atoms. The molecule has 0 unspecified atom stereocenters. The van der Waals surface area contributed by atoms with Crippen molar-refractivity contribution in [3.05, 3.63) is 0 Å². The van der Waals surface area contributed by atoms with E-state index in [1.807, 2.05) is 0 Å². The van der Waals surface area contributed by atoms with E-state index in [4.69, 9.17) is 10.2 Å². The van der Waals surface area contributed by atoms with Gasteiger partial charge in [0.05, 0.1) is 6.61 Å². The lowest BCUT2D eigenvalue weighted by atomic mass is 10.2. The van der Waals surface area contributed by atoms with Gasteiger partial charge >= 0.3 is 12.0 Å². The van der Waals surface area contributed by atoms with Gasteiger partial charge in [0.25, 0.3) is 0 Å². The first-order valence-corrected chi connectivity index (χ1v) is 7.52. The monoisotopic (exact) mass is 286 g/mol. The Balaban J connectivity index is 2.19. The minimum absolute atomic E-state index is 0.0114. The molecule has 0 atom stereocenters. The fraction of sp³-hybridized carbons (Fsp3) is 0.857. The van der Waals surface area contributed by atoms with Crippen LogP contribution in [0.4, 0.5) is 4.79 Å². The number of carbonyl (C=O) groups excluding carboxylic acids is 1. The predicted octanol–water partition coefficient (Wildman–Crippen LogP) is 1.58. The Bertz CT molecular complexity index is 304. The number of rotatable bonds is 9. The average Bonchev–Trinajstić information content (AvgIpc) is 2.93. The van der Waals surface area contributed by atoms with Gasteiger partial charge in [0, 0.05) is 25.6 Å². The molecule has 6 nitrogen and oxygen atoms in total. The van der Waals surface area contributed by atoms with Crippen LogP contribution in [0.1, 0.15) is 51.4 Å². The summed E-state index contributed by atoms with van der Waals surface area (Å²) in [6.07, 6.45) is 6.76. The van der Waals surface area contributed by atoms with Crippen LogP contribution in [0.25, 0.3) is 0 Å². The van der Waals surface area contributed by atoms with Crippen LogP contribution in [-0.2, 0) is 4.79 Å². The Labute approximate surface area is 120 Å². The molecule has 6 heteroatoms. The zero-order chi connectivity index (χ0) is 14.8. The normalized spacial score (nSPS) is 15.2. The molecule has 0 spiro atoms. The summed E-state index contributed by atoms with van der Waals surface area (Å²) in [5.74, 6) is -0.774. The van der Waals surface area contributed by atoms with Gasteiger partial charge in [0.2, 0.25) is 0 Å². The smallest absolute Gasteiger partial charge is 0.317 e. The molecule has 116 valence electrons. The Morgan fingerprint density at radius 3 is 2.45 bits per heavy atom.